The average Bonchev–Trinajstić information content (AvgIpc) is 2.58. The maximum Gasteiger partial charge on any atom is 0.471 e. The zero-order chi connectivity index (χ0) is 18.6. The van der Waals surface area contributed by atoms with Gasteiger partial charge in [0, 0.05) is 5.56 Å². The van der Waals surface area contributed by atoms with E-state index in [9.17, 15) is 27.6 Å². The van der Waals surface area contributed by atoms with E-state index in [1.165, 1.54) is 5.32 Å². The molecule has 0 aliphatic heterocycles. The Hall–Kier alpha value is -3.17. The molecule has 0 bridgehead atoms. The molecular formula is C15H12F3N3O4. The van der Waals surface area contributed by atoms with Crippen molar-refractivity contribution in [3.05, 3.63) is 46.9 Å². The van der Waals surface area contributed by atoms with Gasteiger partial charge in [-0.15, -0.1) is 0 Å². The van der Waals surface area contributed by atoms with Crippen LogP contribution in [-0.4, -0.2) is 34.7 Å². The first-order chi connectivity index (χ1) is 11.7. The summed E-state index contributed by atoms with van der Waals surface area (Å²) in [5.41, 5.74) is -1.26. The summed E-state index contributed by atoms with van der Waals surface area (Å²) in [7, 11) is 1.10. The zero-order valence-corrected chi connectivity index (χ0v) is 12.8. The lowest BCUT2D eigenvalue weighted by Crippen LogP contribution is -2.35. The van der Waals surface area contributed by atoms with Crippen LogP contribution in [0.25, 0.3) is 11.4 Å². The molecule has 0 unspecified atom stereocenters. The lowest BCUT2D eigenvalue weighted by Gasteiger charge is -2.14. The summed E-state index contributed by atoms with van der Waals surface area (Å²) in [5, 5.41) is 1.45. The summed E-state index contributed by atoms with van der Waals surface area (Å²) in [5.74, 6) is -3.08. The van der Waals surface area contributed by atoms with Crippen molar-refractivity contribution in [1.82, 2.24) is 9.55 Å². The molecule has 1 heterocycles. The van der Waals surface area contributed by atoms with Gasteiger partial charge in [-0.05, 0) is 0 Å². The number of hydrogen-bond acceptors (Lipinski definition) is 5. The van der Waals surface area contributed by atoms with Gasteiger partial charge in [0.05, 0.1) is 13.3 Å². The van der Waals surface area contributed by atoms with Crippen LogP contribution in [0.4, 0.5) is 18.9 Å². The van der Waals surface area contributed by atoms with Gasteiger partial charge < -0.3 is 10.1 Å². The summed E-state index contributed by atoms with van der Waals surface area (Å²) < 4.78 is 42.4. The summed E-state index contributed by atoms with van der Waals surface area (Å²) in [6.45, 7) is -0.581. The standard InChI is InChI=1S/C15H12F3N3O4/c1-25-11(22)8-21-12(9-5-3-2-4-6-9)19-7-10(13(21)23)20-14(24)15(16,17)18/h2-7H,8H2,1H3,(H,20,24). The normalized spacial score (nSPS) is 11.0. The number of benzene rings is 1. The van der Waals surface area contributed by atoms with E-state index >= 15 is 0 Å². The lowest BCUT2D eigenvalue weighted by molar-refractivity contribution is -0.167. The molecule has 0 radical (unpaired) electrons. The van der Waals surface area contributed by atoms with Gasteiger partial charge in [0.15, 0.2) is 0 Å². The fourth-order valence-electron chi connectivity index (χ4n) is 1.93. The quantitative estimate of drug-likeness (QED) is 0.841. The molecule has 0 atom stereocenters. The number of anilines is 1. The largest absolute Gasteiger partial charge is 0.471 e. The molecule has 2 rings (SSSR count). The van der Waals surface area contributed by atoms with E-state index in [1.54, 1.807) is 30.3 Å². The Balaban J connectivity index is 2.53. The predicted octanol–water partition coefficient (Wildman–Crippen LogP) is 1.58. The fraction of sp³-hybridized carbons (Fsp3) is 0.200. The maximum absolute atomic E-state index is 12.4. The molecule has 1 aromatic carbocycles. The van der Waals surface area contributed by atoms with Crippen LogP contribution >= 0.6 is 0 Å². The maximum atomic E-state index is 12.4. The highest BCUT2D eigenvalue weighted by Crippen LogP contribution is 2.19. The summed E-state index contributed by atoms with van der Waals surface area (Å²) in [4.78, 5) is 38.9. The molecule has 1 N–H and O–H groups in total. The van der Waals surface area contributed by atoms with Gasteiger partial charge in [0.2, 0.25) is 0 Å². The van der Waals surface area contributed by atoms with Crippen molar-refractivity contribution in [3.8, 4) is 11.4 Å². The highest BCUT2D eigenvalue weighted by Gasteiger charge is 2.39. The first kappa shape index (κ1) is 18.2. The molecule has 1 aromatic heterocycles. The third-order valence-electron chi connectivity index (χ3n) is 3.10. The van der Waals surface area contributed by atoms with Crippen molar-refractivity contribution in [2.45, 2.75) is 12.7 Å². The van der Waals surface area contributed by atoms with Crippen molar-refractivity contribution < 1.29 is 27.5 Å². The van der Waals surface area contributed by atoms with Crippen molar-refractivity contribution in [2.75, 3.05) is 12.4 Å². The Morgan fingerprint density at radius 1 is 1.24 bits per heavy atom. The monoisotopic (exact) mass is 355 g/mol. The first-order valence-corrected chi connectivity index (χ1v) is 6.84. The molecule has 0 spiro atoms. The summed E-state index contributed by atoms with van der Waals surface area (Å²) in [6, 6.07) is 8.23. The zero-order valence-electron chi connectivity index (χ0n) is 12.8. The number of rotatable bonds is 4. The van der Waals surface area contributed by atoms with Crippen LogP contribution in [0.15, 0.2) is 41.3 Å². The van der Waals surface area contributed by atoms with Crippen LogP contribution in [0.3, 0.4) is 0 Å². The van der Waals surface area contributed by atoms with Gasteiger partial charge in [-0.3, -0.25) is 19.0 Å². The molecule has 7 nitrogen and oxygen atoms in total. The second kappa shape index (κ2) is 7.16. The van der Waals surface area contributed by atoms with E-state index in [4.69, 9.17) is 0 Å². The molecule has 0 aliphatic carbocycles. The molecule has 25 heavy (non-hydrogen) atoms. The number of esters is 1. The molecule has 0 saturated carbocycles. The number of nitrogens with one attached hydrogen (secondary N) is 1. The van der Waals surface area contributed by atoms with Gasteiger partial charge >= 0.3 is 18.1 Å². The number of hydrogen-bond donors (Lipinski definition) is 1. The van der Waals surface area contributed by atoms with Crippen LogP contribution in [0.5, 0.6) is 0 Å². The first-order valence-electron chi connectivity index (χ1n) is 6.84. The number of carbonyl (C=O) groups is 2. The molecule has 132 valence electrons. The molecule has 0 saturated heterocycles. The molecule has 10 heteroatoms. The fourth-order valence-corrected chi connectivity index (χ4v) is 1.93. The van der Waals surface area contributed by atoms with Gasteiger partial charge in [0.1, 0.15) is 18.1 Å². The van der Waals surface area contributed by atoms with E-state index in [1.807, 2.05) is 0 Å². The van der Waals surface area contributed by atoms with Crippen LogP contribution < -0.4 is 10.9 Å². The number of carbonyl (C=O) groups excluding carboxylic acids is 2. The van der Waals surface area contributed by atoms with E-state index in [2.05, 4.69) is 9.72 Å². The number of alkyl halides is 3. The van der Waals surface area contributed by atoms with Crippen LogP contribution in [0.1, 0.15) is 0 Å². The van der Waals surface area contributed by atoms with E-state index in [-0.39, 0.29) is 5.82 Å². The molecule has 2 aromatic rings. The minimum absolute atomic E-state index is 0.0426. The third-order valence-corrected chi connectivity index (χ3v) is 3.10. The second-order valence-corrected chi connectivity index (χ2v) is 4.78. The van der Waals surface area contributed by atoms with E-state index in [0.717, 1.165) is 17.9 Å². The number of nitrogens with zero attached hydrogens (tertiary/aromatic N) is 2. The molecule has 0 aliphatic rings. The Bertz CT molecular complexity index is 847. The van der Waals surface area contributed by atoms with Gasteiger partial charge in [0.25, 0.3) is 5.56 Å². The number of halogens is 3. The Kier molecular flexibility index (Phi) is 5.20. The predicted molar refractivity (Wildman–Crippen MR) is 80.6 cm³/mol. The average molecular weight is 355 g/mol. The van der Waals surface area contributed by atoms with Crippen molar-refractivity contribution >= 4 is 17.6 Å². The number of ether oxygens (including phenoxy) is 1. The minimum Gasteiger partial charge on any atom is -0.468 e. The van der Waals surface area contributed by atoms with Crippen LogP contribution in [0.2, 0.25) is 0 Å². The molecule has 0 fully saturated rings. The van der Waals surface area contributed by atoms with Gasteiger partial charge in [-0.25, -0.2) is 4.98 Å². The van der Waals surface area contributed by atoms with Crippen LogP contribution in [0, 0.1) is 0 Å². The highest BCUT2D eigenvalue weighted by molar-refractivity contribution is 5.94. The number of amides is 1. The third kappa shape index (κ3) is 4.22. The van der Waals surface area contributed by atoms with Gasteiger partial charge in [-0.1, -0.05) is 30.3 Å². The number of methoxy groups -OCH3 is 1. The SMILES string of the molecule is COC(=O)Cn1c(-c2ccccc2)ncc(NC(=O)C(F)(F)F)c1=O. The molecule has 1 amide bonds. The Labute approximate surface area is 139 Å². The lowest BCUT2D eigenvalue weighted by atomic mass is 10.2. The summed E-state index contributed by atoms with van der Waals surface area (Å²) in [6.07, 6.45) is -4.36. The topological polar surface area (TPSA) is 90.3 Å². The highest BCUT2D eigenvalue weighted by atomic mass is 19.4. The van der Waals surface area contributed by atoms with Crippen molar-refractivity contribution in [2.24, 2.45) is 0 Å². The smallest absolute Gasteiger partial charge is 0.468 e. The van der Waals surface area contributed by atoms with Crippen LogP contribution in [-0.2, 0) is 20.9 Å². The Morgan fingerprint density at radius 2 is 1.88 bits per heavy atom. The van der Waals surface area contributed by atoms with Gasteiger partial charge in [-0.2, -0.15) is 13.2 Å². The minimum atomic E-state index is -5.17. The van der Waals surface area contributed by atoms with E-state index < -0.39 is 35.8 Å². The summed E-state index contributed by atoms with van der Waals surface area (Å²) >= 11 is 0. The van der Waals surface area contributed by atoms with Crippen molar-refractivity contribution in [1.29, 1.82) is 0 Å². The van der Waals surface area contributed by atoms with Crippen molar-refractivity contribution in [3.63, 3.8) is 0 Å². The second-order valence-electron chi connectivity index (χ2n) is 4.78. The molecular weight excluding hydrogens is 343 g/mol. The Morgan fingerprint density at radius 3 is 2.44 bits per heavy atom. The van der Waals surface area contributed by atoms with E-state index in [0.29, 0.717) is 5.56 Å². The number of aromatic nitrogens is 2.